The highest BCUT2D eigenvalue weighted by Crippen LogP contribution is 2.47. The van der Waals surface area contributed by atoms with Crippen LogP contribution in [0.2, 0.25) is 0 Å². The van der Waals surface area contributed by atoms with Crippen LogP contribution in [-0.2, 0) is 11.3 Å². The van der Waals surface area contributed by atoms with E-state index >= 15 is 0 Å². The number of hydrogen-bond donors (Lipinski definition) is 1. The van der Waals surface area contributed by atoms with Crippen LogP contribution in [0.4, 0.5) is 5.13 Å². The van der Waals surface area contributed by atoms with Crippen LogP contribution in [0.5, 0.6) is 0 Å². The summed E-state index contributed by atoms with van der Waals surface area (Å²) >= 11 is 1.61. The molecule has 4 rings (SSSR count). The van der Waals surface area contributed by atoms with Crippen LogP contribution >= 0.6 is 11.3 Å². The molecule has 0 radical (unpaired) electrons. The molecule has 3 aliphatic heterocycles. The van der Waals surface area contributed by atoms with Crippen molar-refractivity contribution in [3.8, 4) is 0 Å². The van der Waals surface area contributed by atoms with Crippen LogP contribution in [0.25, 0.3) is 0 Å². The molecule has 0 amide bonds. The first kappa shape index (κ1) is 10.3. The van der Waals surface area contributed by atoms with Crippen molar-refractivity contribution in [2.75, 3.05) is 18.8 Å². The van der Waals surface area contributed by atoms with Crippen LogP contribution in [0.1, 0.15) is 17.7 Å². The van der Waals surface area contributed by atoms with Gasteiger partial charge in [-0.1, -0.05) is 0 Å². The van der Waals surface area contributed by atoms with Gasteiger partial charge < -0.3 is 10.5 Å². The number of nitrogen functional groups attached to an aromatic ring is 1. The zero-order valence-corrected chi connectivity index (χ0v) is 10.5. The fourth-order valence-corrected chi connectivity index (χ4v) is 4.52. The van der Waals surface area contributed by atoms with Crippen molar-refractivity contribution in [3.63, 3.8) is 0 Å². The number of nitrogens with two attached hydrogens (primary N) is 1. The number of thiazole rings is 1. The zero-order valence-electron chi connectivity index (χ0n) is 9.71. The number of anilines is 1. The summed E-state index contributed by atoms with van der Waals surface area (Å²) < 4.78 is 5.99. The van der Waals surface area contributed by atoms with Gasteiger partial charge in [-0.25, -0.2) is 4.98 Å². The average molecular weight is 251 g/mol. The predicted octanol–water partition coefficient (Wildman–Crippen LogP) is 1.33. The fraction of sp³-hybridized carbons (Fsp3) is 0.750. The van der Waals surface area contributed by atoms with Crippen molar-refractivity contribution in [3.05, 3.63) is 11.1 Å². The van der Waals surface area contributed by atoms with Gasteiger partial charge in [0.1, 0.15) is 0 Å². The molecule has 17 heavy (non-hydrogen) atoms. The molecular formula is C12H17N3OS. The second-order valence-corrected chi connectivity index (χ2v) is 6.62. The molecule has 4 nitrogen and oxygen atoms in total. The Hall–Kier alpha value is -0.650. The molecule has 4 atom stereocenters. The van der Waals surface area contributed by atoms with Crippen molar-refractivity contribution in [2.45, 2.75) is 31.6 Å². The summed E-state index contributed by atoms with van der Waals surface area (Å²) in [5.41, 5.74) is 5.67. The Morgan fingerprint density at radius 1 is 1.35 bits per heavy atom. The Labute approximate surface area is 105 Å². The molecule has 92 valence electrons. The third-order valence-corrected chi connectivity index (χ3v) is 5.29. The molecule has 0 saturated carbocycles. The lowest BCUT2D eigenvalue weighted by Crippen LogP contribution is -2.24. The summed E-state index contributed by atoms with van der Waals surface area (Å²) in [6, 6.07) is 0. The highest BCUT2D eigenvalue weighted by atomic mass is 32.1. The first-order valence-corrected chi connectivity index (χ1v) is 7.19. The Balaban J connectivity index is 1.45. The lowest BCUT2D eigenvalue weighted by atomic mass is 9.82. The van der Waals surface area contributed by atoms with Crippen molar-refractivity contribution >= 4 is 16.5 Å². The van der Waals surface area contributed by atoms with Gasteiger partial charge in [-0.2, -0.15) is 0 Å². The topological polar surface area (TPSA) is 51.4 Å². The molecule has 3 aliphatic rings. The number of hydrogen-bond acceptors (Lipinski definition) is 5. The van der Waals surface area contributed by atoms with E-state index in [2.05, 4.69) is 9.88 Å². The van der Waals surface area contributed by atoms with E-state index in [0.29, 0.717) is 17.3 Å². The molecule has 4 heterocycles. The average Bonchev–Trinajstić information content (AvgIpc) is 2.99. The number of ether oxygens (including phenoxy) is 1. The smallest absolute Gasteiger partial charge is 0.180 e. The summed E-state index contributed by atoms with van der Waals surface area (Å²) in [5, 5.41) is 0.683. The van der Waals surface area contributed by atoms with Gasteiger partial charge in [0, 0.05) is 42.5 Å². The number of likely N-dealkylation sites (tertiary alicyclic amines) is 1. The Morgan fingerprint density at radius 2 is 2.06 bits per heavy atom. The largest absolute Gasteiger partial charge is 0.375 e. The summed E-state index contributed by atoms with van der Waals surface area (Å²) in [5.74, 6) is 1.58. The molecule has 3 fully saturated rings. The van der Waals surface area contributed by atoms with Gasteiger partial charge in [-0.05, 0) is 12.8 Å². The van der Waals surface area contributed by atoms with Gasteiger partial charge in [0.2, 0.25) is 0 Å². The lowest BCUT2D eigenvalue weighted by Gasteiger charge is -2.18. The van der Waals surface area contributed by atoms with E-state index in [0.717, 1.165) is 18.4 Å². The normalized spacial score (nSPS) is 40.0. The first-order valence-electron chi connectivity index (χ1n) is 6.37. The molecular weight excluding hydrogens is 234 g/mol. The minimum atomic E-state index is 0.557. The number of fused-ring (bicyclic) bond motifs is 5. The lowest BCUT2D eigenvalue weighted by molar-refractivity contribution is 0.0698. The van der Waals surface area contributed by atoms with Crippen LogP contribution < -0.4 is 5.73 Å². The molecule has 1 aromatic heterocycles. The minimum Gasteiger partial charge on any atom is -0.375 e. The van der Waals surface area contributed by atoms with Crippen LogP contribution in [0, 0.1) is 11.8 Å². The second kappa shape index (κ2) is 3.67. The maximum absolute atomic E-state index is 5.99. The zero-order chi connectivity index (χ0) is 11.4. The van der Waals surface area contributed by atoms with Crippen LogP contribution in [0.3, 0.4) is 0 Å². The quantitative estimate of drug-likeness (QED) is 0.861. The fourth-order valence-electron chi connectivity index (χ4n) is 3.79. The maximum Gasteiger partial charge on any atom is 0.180 e. The Morgan fingerprint density at radius 3 is 2.65 bits per heavy atom. The second-order valence-electron chi connectivity index (χ2n) is 5.48. The first-order chi connectivity index (χ1) is 8.29. The van der Waals surface area contributed by atoms with Gasteiger partial charge in [0.05, 0.1) is 12.2 Å². The van der Waals surface area contributed by atoms with E-state index in [-0.39, 0.29) is 0 Å². The molecule has 5 heteroatoms. The molecule has 3 saturated heterocycles. The highest BCUT2D eigenvalue weighted by Gasteiger charge is 2.52. The molecule has 4 unspecified atom stereocenters. The number of rotatable bonds is 2. The van der Waals surface area contributed by atoms with Crippen molar-refractivity contribution in [2.24, 2.45) is 11.8 Å². The van der Waals surface area contributed by atoms with Gasteiger partial charge in [-0.3, -0.25) is 4.90 Å². The number of aromatic nitrogens is 1. The molecule has 0 spiro atoms. The summed E-state index contributed by atoms with van der Waals surface area (Å²) in [4.78, 5) is 7.96. The van der Waals surface area contributed by atoms with Gasteiger partial charge in [0.25, 0.3) is 0 Å². The van der Waals surface area contributed by atoms with Crippen molar-refractivity contribution in [1.82, 2.24) is 9.88 Å². The molecule has 0 aromatic carbocycles. The van der Waals surface area contributed by atoms with Crippen molar-refractivity contribution in [1.29, 1.82) is 0 Å². The van der Waals surface area contributed by atoms with E-state index in [1.807, 2.05) is 6.20 Å². The monoisotopic (exact) mass is 251 g/mol. The molecule has 2 N–H and O–H groups in total. The van der Waals surface area contributed by atoms with Crippen LogP contribution in [0.15, 0.2) is 6.20 Å². The Bertz CT molecular complexity index is 417. The van der Waals surface area contributed by atoms with Gasteiger partial charge in [-0.15, -0.1) is 11.3 Å². The maximum atomic E-state index is 5.99. The summed E-state index contributed by atoms with van der Waals surface area (Å²) in [6.07, 6.45) is 5.60. The standard InChI is InChI=1S/C12H17N3OS/c13-12-14-3-7(17-12)4-15-5-8-9(6-15)11-2-1-10(8)16-11/h3,8-11H,1-2,4-6H2,(H2,13,14). The van der Waals surface area contributed by atoms with E-state index in [9.17, 15) is 0 Å². The number of nitrogens with zero attached hydrogens (tertiary/aromatic N) is 2. The van der Waals surface area contributed by atoms with Crippen molar-refractivity contribution < 1.29 is 4.74 Å². The van der Waals surface area contributed by atoms with Gasteiger partial charge >= 0.3 is 0 Å². The van der Waals surface area contributed by atoms with E-state index in [4.69, 9.17) is 10.5 Å². The molecule has 1 aromatic rings. The summed E-state index contributed by atoms with van der Waals surface area (Å²) in [6.45, 7) is 3.41. The third-order valence-electron chi connectivity index (χ3n) is 4.48. The predicted molar refractivity (Wildman–Crippen MR) is 66.7 cm³/mol. The SMILES string of the molecule is Nc1ncc(CN2CC3C4CCC(O4)C3C2)s1. The van der Waals surface area contributed by atoms with Gasteiger partial charge in [0.15, 0.2) is 5.13 Å². The van der Waals surface area contributed by atoms with E-state index in [1.54, 1.807) is 11.3 Å². The van der Waals surface area contributed by atoms with E-state index in [1.165, 1.54) is 30.8 Å². The minimum absolute atomic E-state index is 0.557. The third kappa shape index (κ3) is 1.60. The molecule has 2 bridgehead atoms. The summed E-state index contributed by atoms with van der Waals surface area (Å²) in [7, 11) is 0. The molecule has 0 aliphatic carbocycles. The van der Waals surface area contributed by atoms with E-state index < -0.39 is 0 Å². The highest BCUT2D eigenvalue weighted by molar-refractivity contribution is 7.15. The Kier molecular flexibility index (Phi) is 2.22. The van der Waals surface area contributed by atoms with Crippen LogP contribution in [-0.4, -0.2) is 35.2 Å².